The molecule has 9 nitrogen and oxygen atoms in total. The van der Waals surface area contributed by atoms with Crippen LogP contribution in [0.25, 0.3) is 0 Å². The van der Waals surface area contributed by atoms with Crippen molar-refractivity contribution in [3.05, 3.63) is 83.8 Å². The highest BCUT2D eigenvalue weighted by Crippen LogP contribution is 2.34. The van der Waals surface area contributed by atoms with Crippen molar-refractivity contribution in [2.75, 3.05) is 18.6 Å². The van der Waals surface area contributed by atoms with E-state index in [-0.39, 0.29) is 0 Å². The first-order valence-corrected chi connectivity index (χ1v) is 11.7. The number of aryl methyl sites for hydroxylation is 1. The molecule has 0 aliphatic carbocycles. The van der Waals surface area contributed by atoms with Gasteiger partial charge in [0.15, 0.2) is 0 Å². The van der Waals surface area contributed by atoms with Crippen LogP contribution in [-0.2, 0) is 9.59 Å². The fourth-order valence-corrected chi connectivity index (χ4v) is 4.52. The molecule has 0 saturated carbocycles. The maximum Gasteiger partial charge on any atom is 0.332 e. The normalized spacial score (nSPS) is 19.8. The predicted molar refractivity (Wildman–Crippen MR) is 133 cm³/mol. The smallest absolute Gasteiger partial charge is 0.332 e. The standard InChI is InChI=1S/C27H26N4O5/c1-17-6-10-20(11-7-17)30-18(2)26(33)29(27(30)34)16-25(32)31-23(24-5-4-14-36-24)15-22(28-31)19-8-12-21(35-3)13-9-19/h4-14,18,23H,15-16H2,1-3H3/t18-,23+/m0/s1. The number of imide groups is 1. The molecule has 0 radical (unpaired) electrons. The molecule has 3 heterocycles. The molecule has 2 atom stereocenters. The number of furan rings is 1. The molecular weight excluding hydrogens is 460 g/mol. The average Bonchev–Trinajstić information content (AvgIpc) is 3.62. The summed E-state index contributed by atoms with van der Waals surface area (Å²) < 4.78 is 10.8. The molecule has 0 spiro atoms. The number of methoxy groups -OCH3 is 1. The average molecular weight is 487 g/mol. The quantitative estimate of drug-likeness (QED) is 0.488. The lowest BCUT2D eigenvalue weighted by molar-refractivity contribution is -0.138. The molecular formula is C27H26N4O5. The zero-order valence-electron chi connectivity index (χ0n) is 20.2. The van der Waals surface area contributed by atoms with Crippen LogP contribution in [-0.4, -0.2) is 53.2 Å². The number of carbonyl (C=O) groups is 3. The number of nitrogens with zero attached hydrogens (tertiary/aromatic N) is 4. The molecule has 184 valence electrons. The van der Waals surface area contributed by atoms with Crippen LogP contribution in [0.4, 0.5) is 10.5 Å². The number of rotatable bonds is 6. The van der Waals surface area contributed by atoms with E-state index in [2.05, 4.69) is 5.10 Å². The van der Waals surface area contributed by atoms with E-state index in [1.807, 2.05) is 43.3 Å². The van der Waals surface area contributed by atoms with E-state index >= 15 is 0 Å². The second-order valence-electron chi connectivity index (χ2n) is 8.84. The van der Waals surface area contributed by atoms with Crippen molar-refractivity contribution in [1.29, 1.82) is 0 Å². The van der Waals surface area contributed by atoms with Crippen LogP contribution in [0, 0.1) is 6.92 Å². The molecule has 3 aromatic rings. The van der Waals surface area contributed by atoms with Crippen LogP contribution < -0.4 is 9.64 Å². The molecule has 4 amide bonds. The Kier molecular flexibility index (Phi) is 6.05. The molecule has 1 aromatic heterocycles. The number of anilines is 1. The van der Waals surface area contributed by atoms with Gasteiger partial charge in [0.2, 0.25) is 0 Å². The highest BCUT2D eigenvalue weighted by atomic mass is 16.5. The molecule has 2 aliphatic rings. The van der Waals surface area contributed by atoms with E-state index in [0.29, 0.717) is 29.3 Å². The summed E-state index contributed by atoms with van der Waals surface area (Å²) >= 11 is 0. The van der Waals surface area contributed by atoms with Crippen LogP contribution in [0.1, 0.15) is 36.3 Å². The van der Waals surface area contributed by atoms with Crippen molar-refractivity contribution >= 4 is 29.2 Å². The van der Waals surface area contributed by atoms with Crippen LogP contribution >= 0.6 is 0 Å². The van der Waals surface area contributed by atoms with Crippen molar-refractivity contribution in [3.63, 3.8) is 0 Å². The minimum atomic E-state index is -0.717. The van der Waals surface area contributed by atoms with Crippen molar-refractivity contribution in [2.45, 2.75) is 32.4 Å². The predicted octanol–water partition coefficient (Wildman–Crippen LogP) is 4.13. The molecule has 9 heteroatoms. The summed E-state index contributed by atoms with van der Waals surface area (Å²) in [5, 5.41) is 5.90. The van der Waals surface area contributed by atoms with E-state index in [1.165, 1.54) is 16.2 Å². The Morgan fingerprint density at radius 3 is 2.44 bits per heavy atom. The minimum Gasteiger partial charge on any atom is -0.497 e. The van der Waals surface area contributed by atoms with Crippen molar-refractivity contribution in [2.24, 2.45) is 5.10 Å². The van der Waals surface area contributed by atoms with E-state index in [9.17, 15) is 14.4 Å². The third-order valence-corrected chi connectivity index (χ3v) is 6.51. The number of ether oxygens (including phenoxy) is 1. The van der Waals surface area contributed by atoms with Gasteiger partial charge in [0.1, 0.15) is 30.1 Å². The zero-order valence-corrected chi connectivity index (χ0v) is 20.2. The van der Waals surface area contributed by atoms with Crippen LogP contribution in [0.5, 0.6) is 5.75 Å². The van der Waals surface area contributed by atoms with Crippen LogP contribution in [0.3, 0.4) is 0 Å². The zero-order chi connectivity index (χ0) is 25.4. The Hall–Kier alpha value is -4.40. The highest BCUT2D eigenvalue weighted by Gasteiger charge is 2.45. The van der Waals surface area contributed by atoms with Crippen molar-refractivity contribution in [3.8, 4) is 5.75 Å². The number of carbonyl (C=O) groups excluding carboxylic acids is 3. The second kappa shape index (κ2) is 9.33. The van der Waals surface area contributed by atoms with Gasteiger partial charge in [-0.3, -0.25) is 19.4 Å². The number of urea groups is 1. The van der Waals surface area contributed by atoms with Gasteiger partial charge in [-0.15, -0.1) is 0 Å². The second-order valence-corrected chi connectivity index (χ2v) is 8.84. The number of hydrogen-bond donors (Lipinski definition) is 0. The van der Waals surface area contributed by atoms with E-state index in [1.54, 1.807) is 38.3 Å². The van der Waals surface area contributed by atoms with Crippen molar-refractivity contribution < 1.29 is 23.5 Å². The first-order valence-electron chi connectivity index (χ1n) is 11.7. The summed E-state index contributed by atoms with van der Waals surface area (Å²) in [4.78, 5) is 42.1. The summed E-state index contributed by atoms with van der Waals surface area (Å²) in [5.74, 6) is 0.386. The first kappa shape index (κ1) is 23.3. The highest BCUT2D eigenvalue weighted by molar-refractivity contribution is 6.15. The van der Waals surface area contributed by atoms with Crippen LogP contribution in [0.15, 0.2) is 76.4 Å². The van der Waals surface area contributed by atoms with Gasteiger partial charge in [-0.25, -0.2) is 9.80 Å². The van der Waals surface area contributed by atoms with Gasteiger partial charge in [0.05, 0.1) is 19.1 Å². The summed E-state index contributed by atoms with van der Waals surface area (Å²) in [5.41, 5.74) is 3.19. The number of hydrogen-bond acceptors (Lipinski definition) is 6. The lowest BCUT2D eigenvalue weighted by Gasteiger charge is -2.22. The molecule has 2 aromatic carbocycles. The monoisotopic (exact) mass is 486 g/mol. The number of hydrazone groups is 1. The first-order chi connectivity index (χ1) is 17.4. The lowest BCUT2D eigenvalue weighted by atomic mass is 10.0. The molecule has 0 bridgehead atoms. The molecule has 2 aliphatic heterocycles. The van der Waals surface area contributed by atoms with Gasteiger partial charge in [-0.2, -0.15) is 5.10 Å². The van der Waals surface area contributed by atoms with Gasteiger partial charge in [0, 0.05) is 12.1 Å². The molecule has 0 N–H and O–H groups in total. The topological polar surface area (TPSA) is 95.7 Å². The molecule has 0 unspecified atom stereocenters. The van der Waals surface area contributed by atoms with Gasteiger partial charge in [0.25, 0.3) is 11.8 Å². The third kappa shape index (κ3) is 4.13. The summed E-state index contributed by atoms with van der Waals surface area (Å²) in [6.45, 7) is 3.19. The largest absolute Gasteiger partial charge is 0.497 e. The number of amides is 4. The Bertz CT molecular complexity index is 1320. The van der Waals surface area contributed by atoms with Gasteiger partial charge < -0.3 is 9.15 Å². The Morgan fingerprint density at radius 1 is 1.08 bits per heavy atom. The Labute approximate surface area is 208 Å². The van der Waals surface area contributed by atoms with Gasteiger partial charge in [-0.05, 0) is 67.9 Å². The van der Waals surface area contributed by atoms with Crippen molar-refractivity contribution in [1.82, 2.24) is 9.91 Å². The number of benzene rings is 2. The maximum absolute atomic E-state index is 13.5. The summed E-state index contributed by atoms with van der Waals surface area (Å²) in [7, 11) is 1.59. The van der Waals surface area contributed by atoms with Gasteiger partial charge >= 0.3 is 6.03 Å². The summed E-state index contributed by atoms with van der Waals surface area (Å²) in [6, 6.07) is 16.5. The van der Waals surface area contributed by atoms with E-state index < -0.39 is 36.5 Å². The van der Waals surface area contributed by atoms with Crippen LogP contribution in [0.2, 0.25) is 0 Å². The fourth-order valence-electron chi connectivity index (χ4n) is 4.52. The molecule has 36 heavy (non-hydrogen) atoms. The third-order valence-electron chi connectivity index (χ3n) is 6.51. The fraction of sp³-hybridized carbons (Fsp3) is 0.259. The van der Waals surface area contributed by atoms with E-state index in [0.717, 1.165) is 16.0 Å². The van der Waals surface area contributed by atoms with E-state index in [4.69, 9.17) is 9.15 Å². The summed E-state index contributed by atoms with van der Waals surface area (Å²) in [6.07, 6.45) is 1.97. The van der Waals surface area contributed by atoms with Gasteiger partial charge in [-0.1, -0.05) is 17.7 Å². The molecule has 1 saturated heterocycles. The minimum absolute atomic E-state index is 0.416. The lowest BCUT2D eigenvalue weighted by Crippen LogP contribution is -2.42. The Morgan fingerprint density at radius 2 is 1.81 bits per heavy atom. The Balaban J connectivity index is 1.40. The molecule has 5 rings (SSSR count). The molecule has 1 fully saturated rings. The SMILES string of the molecule is COc1ccc(C2=NN(C(=O)CN3C(=O)[C@H](C)N(c4ccc(C)cc4)C3=O)[C@@H](c3ccco3)C2)cc1. The maximum atomic E-state index is 13.5.